The van der Waals surface area contributed by atoms with Crippen LogP contribution in [-0.2, 0) is 4.43 Å². The molecule has 0 amide bonds. The maximum Gasteiger partial charge on any atom is 0.192 e. The molecule has 0 radical (unpaired) electrons. The van der Waals surface area contributed by atoms with E-state index in [2.05, 4.69) is 53.6 Å². The quantitative estimate of drug-likeness (QED) is 0.467. The highest BCUT2D eigenvalue weighted by Gasteiger charge is 2.54. The Morgan fingerprint density at radius 3 is 2.41 bits per heavy atom. The zero-order chi connectivity index (χ0) is 16.8. The van der Waals surface area contributed by atoms with Crippen LogP contribution >= 0.6 is 0 Å². The molecule has 2 rings (SSSR count). The normalized spacial score (nSPS) is 37.5. The predicted octanol–water partition coefficient (Wildman–Crippen LogP) is 5.86. The highest BCUT2D eigenvalue weighted by molar-refractivity contribution is 6.74. The Bertz CT molecular complexity index is 442. The van der Waals surface area contributed by atoms with E-state index in [1.165, 1.54) is 32.1 Å². The summed E-state index contributed by atoms with van der Waals surface area (Å²) in [7, 11) is -1.68. The first-order valence-electron chi connectivity index (χ1n) is 9.17. The van der Waals surface area contributed by atoms with Gasteiger partial charge in [0.15, 0.2) is 8.32 Å². The zero-order valence-electron chi connectivity index (χ0n) is 15.8. The summed E-state index contributed by atoms with van der Waals surface area (Å²) < 4.78 is 6.87. The molecule has 0 aromatic heterocycles. The van der Waals surface area contributed by atoms with Crippen molar-refractivity contribution in [1.82, 2.24) is 0 Å². The minimum Gasteiger partial charge on any atom is -0.414 e. The molecule has 0 unspecified atom stereocenters. The van der Waals surface area contributed by atoms with Crippen LogP contribution in [0.4, 0.5) is 0 Å². The van der Waals surface area contributed by atoms with Crippen LogP contribution < -0.4 is 0 Å². The molecule has 2 fully saturated rings. The van der Waals surface area contributed by atoms with Gasteiger partial charge in [0.05, 0.1) is 0 Å². The van der Waals surface area contributed by atoms with E-state index < -0.39 is 8.32 Å². The molecule has 0 N–H and O–H groups in total. The molecule has 2 aliphatic rings. The smallest absolute Gasteiger partial charge is 0.192 e. The molecule has 1 nitrogen and oxygen atoms in total. The van der Waals surface area contributed by atoms with Crippen LogP contribution in [0, 0.1) is 35.5 Å². The summed E-state index contributed by atoms with van der Waals surface area (Å²) in [5.41, 5.74) is 0.400. The lowest BCUT2D eigenvalue weighted by Gasteiger charge is -2.49. The Hall–Kier alpha value is -0.263. The van der Waals surface area contributed by atoms with Gasteiger partial charge >= 0.3 is 0 Å². The van der Waals surface area contributed by atoms with Crippen molar-refractivity contribution < 1.29 is 4.43 Å². The Labute approximate surface area is 139 Å². The van der Waals surface area contributed by atoms with Crippen LogP contribution in [-0.4, -0.2) is 14.4 Å². The van der Waals surface area contributed by atoms with Gasteiger partial charge in [-0.1, -0.05) is 41.0 Å². The van der Waals surface area contributed by atoms with Crippen molar-refractivity contribution in [2.45, 2.75) is 91.0 Å². The molecular formula is C20H36OSi. The summed E-state index contributed by atoms with van der Waals surface area (Å²) in [5.74, 6) is 4.83. The van der Waals surface area contributed by atoms with Crippen LogP contribution in [0.2, 0.25) is 18.1 Å². The topological polar surface area (TPSA) is 9.23 Å². The van der Waals surface area contributed by atoms with Gasteiger partial charge in [-0.25, -0.2) is 0 Å². The fourth-order valence-electron chi connectivity index (χ4n) is 4.79. The van der Waals surface area contributed by atoms with Crippen molar-refractivity contribution in [3.8, 4) is 12.3 Å². The van der Waals surface area contributed by atoms with E-state index in [9.17, 15) is 0 Å². The second kappa shape index (κ2) is 5.99. The van der Waals surface area contributed by atoms with Crippen molar-refractivity contribution in [3.05, 3.63) is 0 Å². The monoisotopic (exact) mass is 320 g/mol. The van der Waals surface area contributed by atoms with E-state index in [0.29, 0.717) is 28.4 Å². The molecule has 0 heterocycles. The molecule has 5 atom stereocenters. The molecule has 0 saturated heterocycles. The van der Waals surface area contributed by atoms with Crippen LogP contribution in [0.25, 0.3) is 0 Å². The molecule has 0 bridgehead atoms. The highest BCUT2D eigenvalue weighted by Crippen LogP contribution is 2.59. The second-order valence-electron chi connectivity index (χ2n) is 9.56. The Balaban J connectivity index is 2.19. The highest BCUT2D eigenvalue weighted by atomic mass is 28.4. The molecule has 0 aliphatic heterocycles. The van der Waals surface area contributed by atoms with Crippen molar-refractivity contribution in [1.29, 1.82) is 0 Å². The van der Waals surface area contributed by atoms with Gasteiger partial charge in [-0.3, -0.25) is 0 Å². The van der Waals surface area contributed by atoms with Crippen LogP contribution in [0.3, 0.4) is 0 Å². The molecular weight excluding hydrogens is 284 g/mol. The Kier molecular flexibility index (Phi) is 4.92. The van der Waals surface area contributed by atoms with Gasteiger partial charge in [0.25, 0.3) is 0 Å². The van der Waals surface area contributed by atoms with Gasteiger partial charge < -0.3 is 4.43 Å². The van der Waals surface area contributed by atoms with Crippen molar-refractivity contribution in [3.63, 3.8) is 0 Å². The van der Waals surface area contributed by atoms with Gasteiger partial charge in [0.1, 0.15) is 0 Å². The van der Waals surface area contributed by atoms with E-state index in [-0.39, 0.29) is 0 Å². The average Bonchev–Trinajstić information content (AvgIpc) is 2.74. The van der Waals surface area contributed by atoms with E-state index in [4.69, 9.17) is 10.8 Å². The summed E-state index contributed by atoms with van der Waals surface area (Å²) in [6.45, 7) is 16.6. The molecule has 2 heteroatoms. The Morgan fingerprint density at radius 2 is 1.86 bits per heavy atom. The number of hydrogen-bond acceptors (Lipinski definition) is 1. The summed E-state index contributed by atoms with van der Waals surface area (Å²) in [5, 5.41) is 0.297. The first kappa shape index (κ1) is 18.1. The summed E-state index contributed by atoms with van der Waals surface area (Å²) in [4.78, 5) is 0. The maximum atomic E-state index is 6.87. The van der Waals surface area contributed by atoms with E-state index in [1.807, 2.05) is 0 Å². The molecule has 0 spiro atoms. The summed E-state index contributed by atoms with van der Waals surface area (Å²) >= 11 is 0. The molecule has 2 aliphatic carbocycles. The van der Waals surface area contributed by atoms with Gasteiger partial charge in [-0.15, -0.1) is 12.3 Å². The largest absolute Gasteiger partial charge is 0.414 e. The zero-order valence-corrected chi connectivity index (χ0v) is 16.8. The van der Waals surface area contributed by atoms with Crippen LogP contribution in [0.5, 0.6) is 0 Å². The fraction of sp³-hybridized carbons (Fsp3) is 0.900. The van der Waals surface area contributed by atoms with Crippen molar-refractivity contribution >= 4 is 8.32 Å². The summed E-state index contributed by atoms with van der Waals surface area (Å²) in [6, 6.07) is 0. The fourth-order valence-corrected chi connectivity index (χ4v) is 6.19. The standard InChI is InChI=1S/C20H36OSi/c1-9-15(2)16-12-13-17-18(11-10-14-20(16,17)6)21-22(7,8)19(3,4)5/h1,15-18H,10-14H2,2-8H3/t15-,16-,17+,18+,20-/m1/s1. The van der Waals surface area contributed by atoms with Gasteiger partial charge in [-0.05, 0) is 61.1 Å². The van der Waals surface area contributed by atoms with Gasteiger partial charge in [0, 0.05) is 12.0 Å². The first-order valence-corrected chi connectivity index (χ1v) is 12.1. The maximum absolute atomic E-state index is 6.87. The van der Waals surface area contributed by atoms with Crippen molar-refractivity contribution in [2.75, 3.05) is 0 Å². The van der Waals surface area contributed by atoms with Crippen LogP contribution in [0.1, 0.15) is 66.7 Å². The molecule has 0 aromatic carbocycles. The Morgan fingerprint density at radius 1 is 1.23 bits per heavy atom. The predicted molar refractivity (Wildman–Crippen MR) is 98.2 cm³/mol. The minimum absolute atomic E-state index is 0.297. The van der Waals surface area contributed by atoms with Crippen LogP contribution in [0.15, 0.2) is 0 Å². The van der Waals surface area contributed by atoms with E-state index in [1.54, 1.807) is 0 Å². The SMILES string of the molecule is C#C[C@@H](C)[C@H]1CC[C@H]2[C@@H](O[Si](C)(C)C(C)(C)C)CCC[C@]12C. The third-order valence-corrected chi connectivity index (χ3v) is 11.8. The average molecular weight is 321 g/mol. The van der Waals surface area contributed by atoms with E-state index in [0.717, 1.165) is 5.92 Å². The molecule has 22 heavy (non-hydrogen) atoms. The van der Waals surface area contributed by atoms with E-state index >= 15 is 0 Å². The lowest BCUT2D eigenvalue weighted by atomic mass is 9.62. The van der Waals surface area contributed by atoms with Gasteiger partial charge in [0.2, 0.25) is 0 Å². The first-order chi connectivity index (χ1) is 10.0. The number of terminal acetylenes is 1. The second-order valence-corrected chi connectivity index (χ2v) is 14.3. The third-order valence-electron chi connectivity index (χ3n) is 7.25. The molecule has 0 aromatic rings. The number of rotatable bonds is 3. The third kappa shape index (κ3) is 3.04. The lowest BCUT2D eigenvalue weighted by molar-refractivity contribution is -0.0155. The summed E-state index contributed by atoms with van der Waals surface area (Å²) in [6.07, 6.45) is 12.7. The lowest BCUT2D eigenvalue weighted by Crippen LogP contribution is -2.50. The van der Waals surface area contributed by atoms with Gasteiger partial charge in [-0.2, -0.15) is 0 Å². The molecule has 2 saturated carbocycles. The van der Waals surface area contributed by atoms with Crippen molar-refractivity contribution in [2.24, 2.45) is 23.2 Å². The molecule has 126 valence electrons. The number of hydrogen-bond donors (Lipinski definition) is 0. The number of fused-ring (bicyclic) bond motifs is 1. The minimum atomic E-state index is -1.68.